The van der Waals surface area contributed by atoms with E-state index >= 15 is 0 Å². The number of nitrogens with two attached hydrogens (primary N) is 1. The SMILES string of the molecule is CCOC(=O)C1(Cc2ccccc2)CCCN(C(=O)C(CC2CCOc3ccccc3C2)NC(=O)C(C)(C)N)C1. The zero-order chi connectivity index (χ0) is 28.8. The second-order valence-electron chi connectivity index (χ2n) is 11.8. The first-order chi connectivity index (χ1) is 19.1. The van der Waals surface area contributed by atoms with Crippen molar-refractivity contribution in [3.63, 3.8) is 0 Å². The van der Waals surface area contributed by atoms with Crippen LogP contribution in [-0.4, -0.2) is 60.6 Å². The molecule has 2 aromatic rings. The third kappa shape index (κ3) is 7.22. The lowest BCUT2D eigenvalue weighted by atomic mass is 9.74. The van der Waals surface area contributed by atoms with E-state index in [1.807, 2.05) is 54.6 Å². The maximum Gasteiger partial charge on any atom is 0.314 e. The summed E-state index contributed by atoms with van der Waals surface area (Å²) < 4.78 is 11.5. The summed E-state index contributed by atoms with van der Waals surface area (Å²) in [6.45, 7) is 6.65. The maximum atomic E-state index is 14.2. The van der Waals surface area contributed by atoms with E-state index in [1.165, 1.54) is 0 Å². The summed E-state index contributed by atoms with van der Waals surface area (Å²) in [5, 5.41) is 2.97. The van der Waals surface area contributed by atoms with Crippen molar-refractivity contribution >= 4 is 17.8 Å². The van der Waals surface area contributed by atoms with Crippen molar-refractivity contribution in [2.45, 2.75) is 70.9 Å². The van der Waals surface area contributed by atoms with Gasteiger partial charge in [-0.15, -0.1) is 0 Å². The number of ether oxygens (including phenoxy) is 2. The number of esters is 1. The number of carbonyl (C=O) groups is 3. The predicted octanol–water partition coefficient (Wildman–Crippen LogP) is 3.65. The Balaban J connectivity index is 1.58. The van der Waals surface area contributed by atoms with Crippen LogP contribution in [0, 0.1) is 11.3 Å². The van der Waals surface area contributed by atoms with E-state index in [4.69, 9.17) is 15.2 Å². The number of hydrogen-bond donors (Lipinski definition) is 2. The van der Waals surface area contributed by atoms with Gasteiger partial charge in [0.25, 0.3) is 0 Å². The first-order valence-electron chi connectivity index (χ1n) is 14.4. The Bertz CT molecular complexity index is 1180. The van der Waals surface area contributed by atoms with Crippen molar-refractivity contribution < 1.29 is 23.9 Å². The van der Waals surface area contributed by atoms with Gasteiger partial charge < -0.3 is 25.4 Å². The van der Waals surface area contributed by atoms with Gasteiger partial charge in [-0.2, -0.15) is 0 Å². The highest BCUT2D eigenvalue weighted by atomic mass is 16.5. The molecule has 8 nitrogen and oxygen atoms in total. The molecule has 1 fully saturated rings. The highest BCUT2D eigenvalue weighted by Gasteiger charge is 2.46. The summed E-state index contributed by atoms with van der Waals surface area (Å²) in [4.78, 5) is 42.3. The second kappa shape index (κ2) is 12.9. The number of hydrogen-bond acceptors (Lipinski definition) is 6. The normalized spacial score (nSPS) is 21.8. The van der Waals surface area contributed by atoms with Crippen molar-refractivity contribution in [1.82, 2.24) is 10.2 Å². The Morgan fingerprint density at radius 1 is 1.15 bits per heavy atom. The fourth-order valence-corrected chi connectivity index (χ4v) is 5.86. The van der Waals surface area contributed by atoms with Gasteiger partial charge in [-0.3, -0.25) is 14.4 Å². The van der Waals surface area contributed by atoms with E-state index in [0.717, 1.165) is 29.7 Å². The van der Waals surface area contributed by atoms with E-state index in [-0.39, 0.29) is 36.9 Å². The summed E-state index contributed by atoms with van der Waals surface area (Å²) in [7, 11) is 0. The summed E-state index contributed by atoms with van der Waals surface area (Å²) in [5.41, 5.74) is 6.25. The van der Waals surface area contributed by atoms with Gasteiger partial charge in [-0.25, -0.2) is 0 Å². The van der Waals surface area contributed by atoms with Gasteiger partial charge >= 0.3 is 5.97 Å². The number of rotatable bonds is 9. The molecule has 0 saturated carbocycles. The molecule has 2 heterocycles. The summed E-state index contributed by atoms with van der Waals surface area (Å²) in [6, 6.07) is 17.0. The number of para-hydroxylation sites is 1. The average Bonchev–Trinajstić information content (AvgIpc) is 3.14. The third-order valence-electron chi connectivity index (χ3n) is 8.00. The molecule has 216 valence electrons. The van der Waals surface area contributed by atoms with Crippen molar-refractivity contribution in [3.8, 4) is 5.75 Å². The number of amides is 2. The molecule has 3 atom stereocenters. The van der Waals surface area contributed by atoms with E-state index in [0.29, 0.717) is 38.8 Å². The van der Waals surface area contributed by atoms with Crippen LogP contribution >= 0.6 is 0 Å². The minimum Gasteiger partial charge on any atom is -0.493 e. The minimum atomic E-state index is -1.14. The molecular weight excluding hydrogens is 506 g/mol. The Morgan fingerprint density at radius 3 is 2.60 bits per heavy atom. The van der Waals surface area contributed by atoms with E-state index < -0.39 is 17.0 Å². The Morgan fingerprint density at radius 2 is 1.88 bits per heavy atom. The number of likely N-dealkylation sites (tertiary alicyclic amines) is 1. The smallest absolute Gasteiger partial charge is 0.314 e. The largest absolute Gasteiger partial charge is 0.493 e. The molecule has 2 aromatic carbocycles. The highest BCUT2D eigenvalue weighted by Crippen LogP contribution is 2.36. The summed E-state index contributed by atoms with van der Waals surface area (Å²) in [6.07, 6.45) is 3.77. The molecule has 0 bridgehead atoms. The molecule has 0 aromatic heterocycles. The van der Waals surface area contributed by atoms with Gasteiger partial charge in [-0.1, -0.05) is 48.5 Å². The molecule has 2 aliphatic heterocycles. The Kier molecular flexibility index (Phi) is 9.51. The fraction of sp³-hybridized carbons (Fsp3) is 0.531. The molecule has 3 unspecified atom stereocenters. The van der Waals surface area contributed by atoms with Crippen LogP contribution in [0.25, 0.3) is 0 Å². The lowest BCUT2D eigenvalue weighted by Crippen LogP contribution is -2.59. The maximum absolute atomic E-state index is 14.2. The first kappa shape index (κ1) is 29.6. The van der Waals surface area contributed by atoms with Crippen LogP contribution in [-0.2, 0) is 32.0 Å². The quantitative estimate of drug-likeness (QED) is 0.462. The van der Waals surface area contributed by atoms with Crippen molar-refractivity contribution in [2.24, 2.45) is 17.1 Å². The number of piperidine rings is 1. The van der Waals surface area contributed by atoms with Gasteiger partial charge in [0.1, 0.15) is 11.8 Å². The average molecular weight is 550 g/mol. The molecule has 2 aliphatic rings. The van der Waals surface area contributed by atoms with Gasteiger partial charge in [0.15, 0.2) is 0 Å². The van der Waals surface area contributed by atoms with Gasteiger partial charge in [0, 0.05) is 13.1 Å². The van der Waals surface area contributed by atoms with E-state index in [1.54, 1.807) is 25.7 Å². The number of nitrogens with zero attached hydrogens (tertiary/aromatic N) is 1. The Labute approximate surface area is 237 Å². The number of fused-ring (bicyclic) bond motifs is 1. The Hall–Kier alpha value is -3.39. The lowest BCUT2D eigenvalue weighted by Gasteiger charge is -2.42. The van der Waals surface area contributed by atoms with Crippen LogP contribution in [0.4, 0.5) is 0 Å². The lowest BCUT2D eigenvalue weighted by molar-refractivity contribution is -0.161. The van der Waals surface area contributed by atoms with Crippen LogP contribution in [0.15, 0.2) is 54.6 Å². The fourth-order valence-electron chi connectivity index (χ4n) is 5.86. The molecule has 40 heavy (non-hydrogen) atoms. The van der Waals surface area contributed by atoms with Crippen LogP contribution in [0.1, 0.15) is 57.6 Å². The van der Waals surface area contributed by atoms with Crippen molar-refractivity contribution in [3.05, 3.63) is 65.7 Å². The molecule has 0 aliphatic carbocycles. The van der Waals surface area contributed by atoms with Gasteiger partial charge in [-0.05, 0) is 82.4 Å². The number of nitrogens with one attached hydrogen (secondary N) is 1. The van der Waals surface area contributed by atoms with E-state index in [2.05, 4.69) is 5.32 Å². The third-order valence-corrected chi connectivity index (χ3v) is 8.00. The first-order valence-corrected chi connectivity index (χ1v) is 14.4. The van der Waals surface area contributed by atoms with Crippen LogP contribution in [0.3, 0.4) is 0 Å². The zero-order valence-corrected chi connectivity index (χ0v) is 24.0. The molecular formula is C32H43N3O5. The number of carbonyl (C=O) groups excluding carboxylic acids is 3. The van der Waals surface area contributed by atoms with Crippen LogP contribution in [0.5, 0.6) is 5.75 Å². The van der Waals surface area contributed by atoms with Crippen LogP contribution < -0.4 is 15.8 Å². The number of benzene rings is 2. The summed E-state index contributed by atoms with van der Waals surface area (Å²) in [5.74, 6) is 0.156. The molecule has 0 spiro atoms. The molecule has 0 radical (unpaired) electrons. The molecule has 4 rings (SSSR count). The standard InChI is InChI=1S/C32H43N3O5/c1-4-39-30(38)32(21-23-11-6-5-7-12-23)16-10-17-35(22-32)28(36)26(34-29(37)31(2,3)33)20-24-15-18-40-27-14-9-8-13-25(27)19-24/h5-9,11-14,24,26H,4,10,15-22,33H2,1-3H3,(H,34,37). The van der Waals surface area contributed by atoms with Gasteiger partial charge in [0.05, 0.1) is 24.2 Å². The van der Waals surface area contributed by atoms with Gasteiger partial charge in [0.2, 0.25) is 11.8 Å². The minimum absolute atomic E-state index is 0.128. The predicted molar refractivity (Wildman–Crippen MR) is 154 cm³/mol. The monoisotopic (exact) mass is 549 g/mol. The topological polar surface area (TPSA) is 111 Å². The van der Waals surface area contributed by atoms with E-state index in [9.17, 15) is 14.4 Å². The van der Waals surface area contributed by atoms with Crippen LogP contribution in [0.2, 0.25) is 0 Å². The molecule has 8 heteroatoms. The van der Waals surface area contributed by atoms with Crippen molar-refractivity contribution in [1.29, 1.82) is 0 Å². The summed E-state index contributed by atoms with van der Waals surface area (Å²) >= 11 is 0. The molecule has 2 amide bonds. The zero-order valence-electron chi connectivity index (χ0n) is 24.0. The molecule has 3 N–H and O–H groups in total. The second-order valence-corrected chi connectivity index (χ2v) is 11.8. The highest BCUT2D eigenvalue weighted by molar-refractivity contribution is 5.92. The van der Waals surface area contributed by atoms with Crippen molar-refractivity contribution in [2.75, 3.05) is 26.3 Å². The molecule has 1 saturated heterocycles.